The van der Waals surface area contributed by atoms with Crippen LogP contribution in [0.25, 0.3) is 0 Å². The van der Waals surface area contributed by atoms with E-state index in [0.717, 1.165) is 0 Å². The highest BCUT2D eigenvalue weighted by molar-refractivity contribution is 4.82. The van der Waals surface area contributed by atoms with Crippen LogP contribution < -0.4 is 5.73 Å². The van der Waals surface area contributed by atoms with Crippen LogP contribution in [0.1, 0.15) is 11.7 Å². The monoisotopic (exact) mass is 187 g/mol. The highest BCUT2D eigenvalue weighted by Crippen LogP contribution is 1.99. The average Bonchev–Trinajstić information content (AvgIpc) is 2.54. The van der Waals surface area contributed by atoms with Crippen molar-refractivity contribution in [1.82, 2.24) is 10.1 Å². The van der Waals surface area contributed by atoms with Gasteiger partial charge in [0, 0.05) is 13.7 Å². The Labute approximate surface area is 76.0 Å². The van der Waals surface area contributed by atoms with E-state index in [-0.39, 0.29) is 0 Å². The zero-order valence-electron chi connectivity index (χ0n) is 7.52. The Kier molecular flexibility index (Phi) is 4.37. The number of nitrogens with two attached hydrogens (primary N) is 1. The van der Waals surface area contributed by atoms with E-state index in [1.807, 2.05) is 0 Å². The van der Waals surface area contributed by atoms with E-state index in [1.54, 1.807) is 7.11 Å². The number of hydrogen-bond donors (Lipinski definition) is 1. The Morgan fingerprint density at radius 1 is 1.46 bits per heavy atom. The second-order valence-electron chi connectivity index (χ2n) is 2.38. The SMILES string of the molecule is COCc1noc(COCCN)n1. The van der Waals surface area contributed by atoms with Gasteiger partial charge < -0.3 is 19.7 Å². The Morgan fingerprint density at radius 3 is 3.00 bits per heavy atom. The molecular formula is C7H13N3O3. The van der Waals surface area contributed by atoms with Gasteiger partial charge in [0.1, 0.15) is 13.2 Å². The van der Waals surface area contributed by atoms with Crippen LogP contribution in [0.3, 0.4) is 0 Å². The first kappa shape index (κ1) is 10.1. The molecular weight excluding hydrogens is 174 g/mol. The molecule has 1 aromatic heterocycles. The van der Waals surface area contributed by atoms with Gasteiger partial charge in [-0.2, -0.15) is 4.98 Å². The molecule has 0 bridgehead atoms. The predicted octanol–water partition coefficient (Wildman–Crippen LogP) is -0.309. The first-order valence-corrected chi connectivity index (χ1v) is 3.95. The van der Waals surface area contributed by atoms with Crippen LogP contribution in [0.2, 0.25) is 0 Å². The van der Waals surface area contributed by atoms with Gasteiger partial charge in [-0.15, -0.1) is 0 Å². The maximum absolute atomic E-state index is 5.23. The molecule has 13 heavy (non-hydrogen) atoms. The fraction of sp³-hybridized carbons (Fsp3) is 0.714. The molecule has 0 radical (unpaired) electrons. The van der Waals surface area contributed by atoms with Crippen LogP contribution in [0.15, 0.2) is 4.52 Å². The van der Waals surface area contributed by atoms with E-state index < -0.39 is 0 Å². The molecule has 0 fully saturated rings. The van der Waals surface area contributed by atoms with Crippen LogP contribution in [0.4, 0.5) is 0 Å². The maximum Gasteiger partial charge on any atom is 0.252 e. The number of hydrogen-bond acceptors (Lipinski definition) is 6. The van der Waals surface area contributed by atoms with Crippen molar-refractivity contribution in [2.24, 2.45) is 5.73 Å². The summed E-state index contributed by atoms with van der Waals surface area (Å²) in [5.74, 6) is 0.967. The van der Waals surface area contributed by atoms with Crippen molar-refractivity contribution in [3.8, 4) is 0 Å². The second kappa shape index (κ2) is 5.63. The Bertz CT molecular complexity index is 239. The summed E-state index contributed by atoms with van der Waals surface area (Å²) in [5, 5.41) is 3.66. The van der Waals surface area contributed by atoms with E-state index in [4.69, 9.17) is 19.7 Å². The minimum atomic E-state index is 0.300. The van der Waals surface area contributed by atoms with E-state index in [2.05, 4.69) is 10.1 Å². The summed E-state index contributed by atoms with van der Waals surface area (Å²) in [4.78, 5) is 4.00. The van der Waals surface area contributed by atoms with Crippen molar-refractivity contribution in [3.63, 3.8) is 0 Å². The summed E-state index contributed by atoms with van der Waals surface area (Å²) >= 11 is 0. The molecule has 0 aliphatic rings. The van der Waals surface area contributed by atoms with Crippen molar-refractivity contribution in [2.75, 3.05) is 20.3 Å². The van der Waals surface area contributed by atoms with Crippen LogP contribution >= 0.6 is 0 Å². The lowest BCUT2D eigenvalue weighted by atomic mass is 10.6. The normalized spacial score (nSPS) is 10.6. The third kappa shape index (κ3) is 3.49. The average molecular weight is 187 g/mol. The third-order valence-electron chi connectivity index (χ3n) is 1.27. The van der Waals surface area contributed by atoms with Gasteiger partial charge in [-0.25, -0.2) is 0 Å². The predicted molar refractivity (Wildman–Crippen MR) is 43.7 cm³/mol. The molecule has 6 heteroatoms. The van der Waals surface area contributed by atoms with Crippen molar-refractivity contribution >= 4 is 0 Å². The highest BCUT2D eigenvalue weighted by atomic mass is 16.5. The fourth-order valence-electron chi connectivity index (χ4n) is 0.779. The van der Waals surface area contributed by atoms with Gasteiger partial charge in [0.15, 0.2) is 5.82 Å². The minimum Gasteiger partial charge on any atom is -0.377 e. The van der Waals surface area contributed by atoms with E-state index >= 15 is 0 Å². The number of methoxy groups -OCH3 is 1. The van der Waals surface area contributed by atoms with Gasteiger partial charge >= 0.3 is 0 Å². The van der Waals surface area contributed by atoms with Gasteiger partial charge in [0.2, 0.25) is 0 Å². The molecule has 0 saturated carbocycles. The molecule has 1 aromatic rings. The third-order valence-corrected chi connectivity index (χ3v) is 1.27. The van der Waals surface area contributed by atoms with Gasteiger partial charge in [-0.3, -0.25) is 0 Å². The summed E-state index contributed by atoms with van der Waals surface area (Å²) in [6.45, 7) is 1.62. The summed E-state index contributed by atoms with van der Waals surface area (Å²) in [5.41, 5.74) is 5.23. The van der Waals surface area contributed by atoms with Crippen LogP contribution in [0.5, 0.6) is 0 Å². The molecule has 0 atom stereocenters. The molecule has 0 unspecified atom stereocenters. The molecule has 74 valence electrons. The van der Waals surface area contributed by atoms with E-state index in [9.17, 15) is 0 Å². The molecule has 1 rings (SSSR count). The van der Waals surface area contributed by atoms with Gasteiger partial charge in [-0.05, 0) is 0 Å². The molecule has 0 amide bonds. The van der Waals surface area contributed by atoms with Crippen molar-refractivity contribution < 1.29 is 14.0 Å². The molecule has 0 saturated heterocycles. The minimum absolute atomic E-state index is 0.300. The van der Waals surface area contributed by atoms with Gasteiger partial charge in [0.05, 0.1) is 6.61 Å². The lowest BCUT2D eigenvalue weighted by Crippen LogP contribution is -2.08. The van der Waals surface area contributed by atoms with E-state index in [0.29, 0.717) is 38.1 Å². The van der Waals surface area contributed by atoms with Crippen LogP contribution in [0, 0.1) is 0 Å². The maximum atomic E-state index is 5.23. The molecule has 1 heterocycles. The smallest absolute Gasteiger partial charge is 0.252 e. The molecule has 0 spiro atoms. The largest absolute Gasteiger partial charge is 0.377 e. The number of rotatable bonds is 6. The summed E-state index contributed by atoms with van der Waals surface area (Å²) in [6.07, 6.45) is 0. The van der Waals surface area contributed by atoms with Gasteiger partial charge in [-0.1, -0.05) is 5.16 Å². The Hall–Kier alpha value is -0.980. The molecule has 6 nitrogen and oxygen atoms in total. The first-order valence-electron chi connectivity index (χ1n) is 3.95. The molecule has 2 N–H and O–H groups in total. The molecule has 0 aromatic carbocycles. The van der Waals surface area contributed by atoms with Gasteiger partial charge in [0.25, 0.3) is 5.89 Å². The summed E-state index contributed by atoms with van der Waals surface area (Å²) in [7, 11) is 1.57. The second-order valence-corrected chi connectivity index (χ2v) is 2.38. The van der Waals surface area contributed by atoms with Crippen LogP contribution in [-0.2, 0) is 22.7 Å². The zero-order valence-corrected chi connectivity index (χ0v) is 7.52. The number of ether oxygens (including phenoxy) is 2. The lowest BCUT2D eigenvalue weighted by molar-refractivity contribution is 0.104. The highest BCUT2D eigenvalue weighted by Gasteiger charge is 2.04. The zero-order chi connectivity index (χ0) is 9.52. The molecule has 0 aliphatic heterocycles. The summed E-state index contributed by atoms with van der Waals surface area (Å²) in [6, 6.07) is 0. The van der Waals surface area contributed by atoms with Crippen molar-refractivity contribution in [2.45, 2.75) is 13.2 Å². The first-order chi connectivity index (χ1) is 6.36. The summed E-state index contributed by atoms with van der Waals surface area (Å²) < 4.78 is 14.8. The van der Waals surface area contributed by atoms with Crippen molar-refractivity contribution in [1.29, 1.82) is 0 Å². The Morgan fingerprint density at radius 2 is 2.31 bits per heavy atom. The topological polar surface area (TPSA) is 83.4 Å². The molecule has 0 aliphatic carbocycles. The standard InChI is InChI=1S/C7H13N3O3/c1-11-4-6-9-7(13-10-6)5-12-3-2-8/h2-5,8H2,1H3. The number of nitrogens with zero attached hydrogens (tertiary/aromatic N) is 2. The Balaban J connectivity index is 2.31. The van der Waals surface area contributed by atoms with E-state index in [1.165, 1.54) is 0 Å². The van der Waals surface area contributed by atoms with Crippen molar-refractivity contribution in [3.05, 3.63) is 11.7 Å². The fourth-order valence-corrected chi connectivity index (χ4v) is 0.779. The van der Waals surface area contributed by atoms with Crippen LogP contribution in [-0.4, -0.2) is 30.4 Å². The lowest BCUT2D eigenvalue weighted by Gasteiger charge is -1.95. The quantitative estimate of drug-likeness (QED) is 0.615. The number of aromatic nitrogens is 2.